The first-order valence-electron chi connectivity index (χ1n) is 12.1. The first-order valence-corrected chi connectivity index (χ1v) is 13.3. The third-order valence-electron chi connectivity index (χ3n) is 6.15. The Hall–Kier alpha value is -4.08. The number of rotatable bonds is 8. The van der Waals surface area contributed by atoms with Crippen LogP contribution in [0.25, 0.3) is 6.08 Å². The minimum absolute atomic E-state index is 0.0673. The Morgan fingerprint density at radius 1 is 1.00 bits per heavy atom. The number of fused-ring (bicyclic) bond motifs is 1. The van der Waals surface area contributed by atoms with Gasteiger partial charge in [0.25, 0.3) is 5.91 Å². The molecule has 8 nitrogen and oxygen atoms in total. The number of amidine groups is 2. The molecule has 0 atom stereocenters. The summed E-state index contributed by atoms with van der Waals surface area (Å²) in [7, 11) is 1.54. The Labute approximate surface area is 235 Å². The molecule has 0 aromatic heterocycles. The number of aliphatic imine (C=N–C) groups is 1. The number of halogens is 1. The van der Waals surface area contributed by atoms with E-state index >= 15 is 0 Å². The molecule has 1 N–H and O–H groups in total. The van der Waals surface area contributed by atoms with Crippen molar-refractivity contribution < 1.29 is 19.0 Å². The van der Waals surface area contributed by atoms with Crippen molar-refractivity contribution in [3.05, 3.63) is 93.5 Å². The monoisotopic (exact) mass is 560 g/mol. The van der Waals surface area contributed by atoms with Crippen LogP contribution in [0.3, 0.4) is 0 Å². The van der Waals surface area contributed by atoms with E-state index in [-0.39, 0.29) is 11.4 Å². The van der Waals surface area contributed by atoms with Crippen LogP contribution in [0, 0.1) is 19.3 Å². The summed E-state index contributed by atoms with van der Waals surface area (Å²) < 4.78 is 17.2. The zero-order chi connectivity index (χ0) is 27.5. The lowest BCUT2D eigenvalue weighted by Crippen LogP contribution is -2.35. The van der Waals surface area contributed by atoms with Crippen LogP contribution in [0.15, 0.2) is 76.3 Å². The van der Waals surface area contributed by atoms with Gasteiger partial charge in [0, 0.05) is 5.56 Å². The Morgan fingerprint density at radius 3 is 2.56 bits per heavy atom. The molecule has 0 bridgehead atoms. The fourth-order valence-electron chi connectivity index (χ4n) is 3.91. The molecule has 5 rings (SSSR count). The third kappa shape index (κ3) is 5.69. The number of carbonyl (C=O) groups is 1. The van der Waals surface area contributed by atoms with Crippen molar-refractivity contribution in [2.24, 2.45) is 10.1 Å². The van der Waals surface area contributed by atoms with E-state index < -0.39 is 5.91 Å². The van der Waals surface area contributed by atoms with Crippen LogP contribution in [0.4, 0.5) is 0 Å². The number of amides is 1. The molecule has 2 heterocycles. The lowest BCUT2D eigenvalue weighted by molar-refractivity contribution is -0.114. The summed E-state index contributed by atoms with van der Waals surface area (Å²) in [4.78, 5) is 17.0. The molecule has 2 aliphatic heterocycles. The van der Waals surface area contributed by atoms with Gasteiger partial charge in [-0.1, -0.05) is 41.9 Å². The first kappa shape index (κ1) is 26.5. The molecular weight excluding hydrogens is 536 g/mol. The van der Waals surface area contributed by atoms with E-state index in [0.717, 1.165) is 5.75 Å². The van der Waals surface area contributed by atoms with Crippen LogP contribution >= 0.6 is 23.4 Å². The number of hydrogen-bond donors (Lipinski definition) is 1. The fraction of sp³-hybridized carbons (Fsp3) is 0.172. The number of benzene rings is 3. The van der Waals surface area contributed by atoms with Gasteiger partial charge in [-0.15, -0.1) is 0 Å². The Morgan fingerprint density at radius 2 is 1.79 bits per heavy atom. The van der Waals surface area contributed by atoms with E-state index in [9.17, 15) is 4.79 Å². The van der Waals surface area contributed by atoms with Gasteiger partial charge in [0.2, 0.25) is 5.17 Å². The molecule has 0 spiro atoms. The van der Waals surface area contributed by atoms with Crippen molar-refractivity contribution in [3.8, 4) is 17.2 Å². The highest BCUT2D eigenvalue weighted by molar-refractivity contribution is 8.27. The van der Waals surface area contributed by atoms with Crippen LogP contribution in [-0.4, -0.2) is 47.3 Å². The zero-order valence-electron chi connectivity index (χ0n) is 21.5. The number of thioether (sulfide) groups is 1. The molecule has 0 radical (unpaired) electrons. The van der Waals surface area contributed by atoms with Crippen LogP contribution in [0.1, 0.15) is 22.3 Å². The number of hydrazone groups is 1. The van der Waals surface area contributed by atoms with Crippen LogP contribution in [-0.2, 0) is 4.79 Å². The average molecular weight is 561 g/mol. The smallest absolute Gasteiger partial charge is 0.283 e. The number of aryl methyl sites for hydroxylation is 2. The predicted molar refractivity (Wildman–Crippen MR) is 155 cm³/mol. The second-order valence-corrected chi connectivity index (χ2v) is 10.1. The Bertz CT molecular complexity index is 1570. The number of nitrogens with one attached hydrogen (secondary N) is 1. The van der Waals surface area contributed by atoms with Crippen molar-refractivity contribution in [2.45, 2.75) is 13.8 Å². The second kappa shape index (κ2) is 11.3. The summed E-state index contributed by atoms with van der Waals surface area (Å²) in [6, 6.07) is 18.5. The van der Waals surface area contributed by atoms with E-state index in [1.165, 1.54) is 27.9 Å². The normalized spacial score (nSPS) is 15.7. The number of ether oxygens (including phenoxy) is 3. The molecule has 3 aromatic carbocycles. The highest BCUT2D eigenvalue weighted by atomic mass is 35.5. The summed E-state index contributed by atoms with van der Waals surface area (Å²) in [6.07, 6.45) is 1.59. The predicted octanol–water partition coefficient (Wildman–Crippen LogP) is 6.09. The van der Waals surface area contributed by atoms with Crippen LogP contribution in [0.2, 0.25) is 5.02 Å². The third-order valence-corrected chi connectivity index (χ3v) is 7.42. The first-order chi connectivity index (χ1) is 18.8. The molecule has 0 unspecified atom stereocenters. The molecule has 10 heteroatoms. The number of nitrogens with zero attached hydrogens (tertiary/aromatic N) is 3. The number of methoxy groups -OCH3 is 1. The van der Waals surface area contributed by atoms with Gasteiger partial charge in [0.05, 0.1) is 17.7 Å². The lowest BCUT2D eigenvalue weighted by atomic mass is 10.1. The summed E-state index contributed by atoms with van der Waals surface area (Å²) in [6.45, 7) is 4.79. The van der Waals surface area contributed by atoms with Crippen molar-refractivity contribution in [1.29, 1.82) is 5.41 Å². The van der Waals surface area contributed by atoms with E-state index in [4.69, 9.17) is 31.2 Å². The van der Waals surface area contributed by atoms with Crippen LogP contribution < -0.4 is 14.2 Å². The molecule has 0 aliphatic carbocycles. The molecule has 1 amide bonds. The summed E-state index contributed by atoms with van der Waals surface area (Å²) in [5.41, 5.74) is 3.86. The maximum Gasteiger partial charge on any atom is 0.283 e. The molecular formula is C29H25ClN4O4S. The zero-order valence-corrected chi connectivity index (χ0v) is 23.1. The quantitative estimate of drug-likeness (QED) is 0.264. The van der Waals surface area contributed by atoms with Gasteiger partial charge in [-0.25, -0.2) is 0 Å². The highest BCUT2D eigenvalue weighted by Gasteiger charge is 2.36. The lowest BCUT2D eigenvalue weighted by Gasteiger charge is -2.20. The Kier molecular flexibility index (Phi) is 7.72. The minimum atomic E-state index is -0.517. The SMILES string of the molecule is COc1cc(/C=C2\C(=N)N3N=C(c4ccccc4Cl)SC3=NC2=O)ccc1OCCOc1ccc(C)c(C)c1. The van der Waals surface area contributed by atoms with Gasteiger partial charge in [-0.2, -0.15) is 15.1 Å². The van der Waals surface area contributed by atoms with Gasteiger partial charge in [-0.3, -0.25) is 10.2 Å². The molecule has 198 valence electrons. The number of hydrogen-bond acceptors (Lipinski definition) is 7. The molecule has 0 saturated carbocycles. The average Bonchev–Trinajstić information content (AvgIpc) is 3.35. The van der Waals surface area contributed by atoms with Crippen LogP contribution in [0.5, 0.6) is 17.2 Å². The molecule has 0 fully saturated rings. The molecule has 2 aliphatic rings. The maximum atomic E-state index is 12.8. The minimum Gasteiger partial charge on any atom is -0.493 e. The van der Waals surface area contributed by atoms with Crippen molar-refractivity contribution in [3.63, 3.8) is 0 Å². The van der Waals surface area contributed by atoms with Gasteiger partial charge in [-0.05, 0) is 78.7 Å². The van der Waals surface area contributed by atoms with Gasteiger partial charge < -0.3 is 14.2 Å². The van der Waals surface area contributed by atoms with E-state index in [2.05, 4.69) is 17.0 Å². The molecule has 0 saturated heterocycles. The number of carbonyl (C=O) groups excluding carboxylic acids is 1. The summed E-state index contributed by atoms with van der Waals surface area (Å²) in [5, 5.41) is 15.9. The van der Waals surface area contributed by atoms with Crippen molar-refractivity contribution in [1.82, 2.24) is 5.01 Å². The fourth-order valence-corrected chi connectivity index (χ4v) is 5.12. The van der Waals surface area contributed by atoms with E-state index in [0.29, 0.717) is 51.1 Å². The van der Waals surface area contributed by atoms with Gasteiger partial charge in [0.15, 0.2) is 17.3 Å². The standard InChI is InChI=1S/C29H25ClN4O4S/c1-17-8-10-20(14-18(17)2)37-12-13-38-24-11-9-19(16-25(24)36-3)15-22-26(31)34-29(32-27(22)35)39-28(33-34)21-6-4-5-7-23(21)30/h4-11,14-16,31H,12-13H2,1-3H3/b22-15+,31-26?. The van der Waals surface area contributed by atoms with Crippen molar-refractivity contribution >= 4 is 51.4 Å². The Balaban J connectivity index is 1.28. The van der Waals surface area contributed by atoms with Gasteiger partial charge >= 0.3 is 0 Å². The van der Waals surface area contributed by atoms with Gasteiger partial charge in [0.1, 0.15) is 24.0 Å². The maximum absolute atomic E-state index is 12.8. The second-order valence-electron chi connectivity index (χ2n) is 8.76. The summed E-state index contributed by atoms with van der Waals surface area (Å²) >= 11 is 7.51. The molecule has 3 aromatic rings. The highest BCUT2D eigenvalue weighted by Crippen LogP contribution is 2.34. The van der Waals surface area contributed by atoms with E-state index in [1.54, 1.807) is 37.5 Å². The largest absolute Gasteiger partial charge is 0.493 e. The van der Waals surface area contributed by atoms with E-state index in [1.807, 2.05) is 43.3 Å². The topological polar surface area (TPSA) is 96.6 Å². The van der Waals surface area contributed by atoms with Crippen molar-refractivity contribution in [2.75, 3.05) is 20.3 Å². The molecule has 39 heavy (non-hydrogen) atoms. The summed E-state index contributed by atoms with van der Waals surface area (Å²) in [5.74, 6) is 1.24.